The molecule has 2 aromatic heterocycles. The van der Waals surface area contributed by atoms with Crippen molar-refractivity contribution in [2.24, 2.45) is 0 Å². The van der Waals surface area contributed by atoms with E-state index in [1.54, 1.807) is 12.1 Å². The topological polar surface area (TPSA) is 76.2 Å². The van der Waals surface area contributed by atoms with E-state index in [1.165, 1.54) is 42.4 Å². The molecular weight excluding hydrogens is 397 g/mol. The van der Waals surface area contributed by atoms with Crippen LogP contribution in [0.25, 0.3) is 0 Å². The van der Waals surface area contributed by atoms with Crippen molar-refractivity contribution in [1.82, 2.24) is 19.7 Å². The van der Waals surface area contributed by atoms with Gasteiger partial charge in [0.25, 0.3) is 5.91 Å². The molecule has 7 nitrogen and oxygen atoms in total. The van der Waals surface area contributed by atoms with Gasteiger partial charge in [0.15, 0.2) is 5.76 Å². The SMILES string of the molecule is O=C(Nc1ncn(Cc2c(F)cccc2Cl)n1)c1ccc(CN2CCCCC2)o1. The summed E-state index contributed by atoms with van der Waals surface area (Å²) in [4.78, 5) is 18.8. The second kappa shape index (κ2) is 8.75. The third kappa shape index (κ3) is 4.83. The van der Waals surface area contributed by atoms with Crippen LogP contribution in [0.3, 0.4) is 0 Å². The molecule has 1 aliphatic rings. The number of carbonyl (C=O) groups is 1. The Labute approximate surface area is 172 Å². The summed E-state index contributed by atoms with van der Waals surface area (Å²) in [5.41, 5.74) is 0.310. The number of nitrogens with one attached hydrogen (secondary N) is 1. The maximum absolute atomic E-state index is 13.9. The molecule has 1 aromatic carbocycles. The molecule has 4 rings (SSSR count). The number of benzene rings is 1. The summed E-state index contributed by atoms with van der Waals surface area (Å²) >= 11 is 6.04. The monoisotopic (exact) mass is 417 g/mol. The van der Waals surface area contributed by atoms with Gasteiger partial charge in [-0.1, -0.05) is 24.1 Å². The van der Waals surface area contributed by atoms with Crippen LogP contribution >= 0.6 is 11.6 Å². The van der Waals surface area contributed by atoms with Gasteiger partial charge in [-0.15, -0.1) is 5.10 Å². The van der Waals surface area contributed by atoms with Gasteiger partial charge in [0, 0.05) is 10.6 Å². The zero-order valence-electron chi connectivity index (χ0n) is 15.8. The fraction of sp³-hybridized carbons (Fsp3) is 0.350. The Kier molecular flexibility index (Phi) is 5.92. The van der Waals surface area contributed by atoms with Gasteiger partial charge in [0.1, 0.15) is 17.9 Å². The van der Waals surface area contributed by atoms with E-state index in [2.05, 4.69) is 20.3 Å². The highest BCUT2D eigenvalue weighted by Gasteiger charge is 2.17. The molecule has 9 heteroatoms. The lowest BCUT2D eigenvalue weighted by atomic mass is 10.1. The van der Waals surface area contributed by atoms with Gasteiger partial charge in [-0.2, -0.15) is 0 Å². The Morgan fingerprint density at radius 1 is 1.17 bits per heavy atom. The second-order valence-electron chi connectivity index (χ2n) is 7.02. The summed E-state index contributed by atoms with van der Waals surface area (Å²) in [6.07, 6.45) is 5.06. The van der Waals surface area contributed by atoms with Crippen molar-refractivity contribution >= 4 is 23.5 Å². The first kappa shape index (κ1) is 19.6. The Hall–Kier alpha value is -2.71. The molecule has 0 aliphatic carbocycles. The Bertz CT molecular complexity index is 976. The van der Waals surface area contributed by atoms with Crippen molar-refractivity contribution in [3.05, 3.63) is 64.6 Å². The number of amides is 1. The van der Waals surface area contributed by atoms with Gasteiger partial charge < -0.3 is 4.42 Å². The van der Waals surface area contributed by atoms with Crippen molar-refractivity contribution in [3.8, 4) is 0 Å². The van der Waals surface area contributed by atoms with Crippen LogP contribution in [0.5, 0.6) is 0 Å². The quantitative estimate of drug-likeness (QED) is 0.657. The van der Waals surface area contributed by atoms with E-state index in [0.29, 0.717) is 17.1 Å². The summed E-state index contributed by atoms with van der Waals surface area (Å²) in [6.45, 7) is 2.91. The fourth-order valence-corrected chi connectivity index (χ4v) is 3.58. The van der Waals surface area contributed by atoms with Gasteiger partial charge in [0.2, 0.25) is 5.95 Å². The molecule has 1 amide bonds. The Balaban J connectivity index is 1.37. The molecule has 3 aromatic rings. The summed E-state index contributed by atoms with van der Waals surface area (Å²) in [5, 5.41) is 7.05. The number of likely N-dealkylation sites (tertiary alicyclic amines) is 1. The number of halogens is 2. The molecule has 3 heterocycles. The van der Waals surface area contributed by atoms with E-state index >= 15 is 0 Å². The van der Waals surface area contributed by atoms with Crippen LogP contribution in [0.1, 0.15) is 41.1 Å². The number of nitrogens with zero attached hydrogens (tertiary/aromatic N) is 4. The van der Waals surface area contributed by atoms with Crippen LogP contribution in [0.2, 0.25) is 5.02 Å². The molecule has 0 saturated carbocycles. The van der Waals surface area contributed by atoms with Crippen molar-refractivity contribution in [3.63, 3.8) is 0 Å². The predicted octanol–water partition coefficient (Wildman–Crippen LogP) is 3.95. The van der Waals surface area contributed by atoms with Gasteiger partial charge >= 0.3 is 0 Å². The molecule has 0 spiro atoms. The van der Waals surface area contributed by atoms with Crippen molar-refractivity contribution < 1.29 is 13.6 Å². The molecule has 0 bridgehead atoms. The van der Waals surface area contributed by atoms with Crippen LogP contribution < -0.4 is 5.32 Å². The van der Waals surface area contributed by atoms with E-state index in [9.17, 15) is 9.18 Å². The minimum Gasteiger partial charge on any atom is -0.455 e. The Morgan fingerprint density at radius 3 is 2.79 bits per heavy atom. The molecule has 1 N–H and O–H groups in total. The largest absolute Gasteiger partial charge is 0.455 e. The smallest absolute Gasteiger partial charge is 0.293 e. The summed E-state index contributed by atoms with van der Waals surface area (Å²) < 4.78 is 21.0. The average molecular weight is 418 g/mol. The highest BCUT2D eigenvalue weighted by molar-refractivity contribution is 6.31. The summed E-state index contributed by atoms with van der Waals surface area (Å²) in [7, 11) is 0. The molecule has 0 radical (unpaired) electrons. The third-order valence-corrected chi connectivity index (χ3v) is 5.21. The first-order chi connectivity index (χ1) is 14.1. The van der Waals surface area contributed by atoms with Gasteiger partial charge in [-0.25, -0.2) is 14.1 Å². The minimum atomic E-state index is -0.434. The number of aromatic nitrogens is 3. The number of furan rings is 1. The maximum atomic E-state index is 13.9. The molecule has 1 aliphatic heterocycles. The van der Waals surface area contributed by atoms with Crippen molar-refractivity contribution in [1.29, 1.82) is 0 Å². The molecule has 0 unspecified atom stereocenters. The molecule has 1 fully saturated rings. The molecular formula is C20H21ClFN5O2. The number of anilines is 1. The fourth-order valence-electron chi connectivity index (χ4n) is 3.36. The molecule has 152 valence electrons. The van der Waals surface area contributed by atoms with E-state index in [1.807, 2.05) is 6.07 Å². The lowest BCUT2D eigenvalue weighted by Crippen LogP contribution is -2.28. The molecule has 29 heavy (non-hydrogen) atoms. The van der Waals surface area contributed by atoms with Crippen molar-refractivity contribution in [2.45, 2.75) is 32.4 Å². The number of hydrogen-bond acceptors (Lipinski definition) is 5. The molecule has 1 saturated heterocycles. The van der Waals surface area contributed by atoms with Crippen LogP contribution in [-0.2, 0) is 13.1 Å². The number of carbonyl (C=O) groups excluding carboxylic acids is 1. The summed E-state index contributed by atoms with van der Waals surface area (Å²) in [5.74, 6) is 0.207. The van der Waals surface area contributed by atoms with Crippen LogP contribution in [-0.4, -0.2) is 38.7 Å². The first-order valence-electron chi connectivity index (χ1n) is 9.53. The average Bonchev–Trinajstić information content (AvgIpc) is 3.35. The zero-order chi connectivity index (χ0) is 20.2. The number of piperidine rings is 1. The van der Waals surface area contributed by atoms with Crippen molar-refractivity contribution in [2.75, 3.05) is 18.4 Å². The zero-order valence-corrected chi connectivity index (χ0v) is 16.5. The standard InChI is InChI=1S/C20H21ClFN5O2/c21-16-5-4-6-17(22)15(16)12-27-13-23-20(25-27)24-19(28)18-8-7-14(29-18)11-26-9-2-1-3-10-26/h4-8,13H,1-3,9-12H2,(H,24,25,28). The van der Waals surface area contributed by atoms with E-state index in [0.717, 1.165) is 18.8 Å². The third-order valence-electron chi connectivity index (χ3n) is 4.86. The highest BCUT2D eigenvalue weighted by Crippen LogP contribution is 2.20. The lowest BCUT2D eigenvalue weighted by molar-refractivity contribution is 0.0991. The normalized spacial score (nSPS) is 14.8. The van der Waals surface area contributed by atoms with Crippen LogP contribution in [0, 0.1) is 5.82 Å². The Morgan fingerprint density at radius 2 is 2.00 bits per heavy atom. The van der Waals surface area contributed by atoms with E-state index < -0.39 is 11.7 Å². The highest BCUT2D eigenvalue weighted by atomic mass is 35.5. The molecule has 0 atom stereocenters. The second-order valence-corrected chi connectivity index (χ2v) is 7.43. The maximum Gasteiger partial charge on any atom is 0.293 e. The lowest BCUT2D eigenvalue weighted by Gasteiger charge is -2.25. The number of rotatable bonds is 6. The van der Waals surface area contributed by atoms with Crippen LogP contribution in [0.15, 0.2) is 41.1 Å². The van der Waals surface area contributed by atoms with Gasteiger partial charge in [-0.3, -0.25) is 15.0 Å². The predicted molar refractivity (Wildman–Crippen MR) is 106 cm³/mol. The first-order valence-corrected chi connectivity index (χ1v) is 9.91. The van der Waals surface area contributed by atoms with E-state index in [4.69, 9.17) is 16.0 Å². The number of hydrogen-bond donors (Lipinski definition) is 1. The van der Waals surface area contributed by atoms with Gasteiger partial charge in [-0.05, 0) is 50.2 Å². The van der Waals surface area contributed by atoms with Crippen LogP contribution in [0.4, 0.5) is 10.3 Å². The van der Waals surface area contributed by atoms with Gasteiger partial charge in [0.05, 0.1) is 13.1 Å². The minimum absolute atomic E-state index is 0.106. The van der Waals surface area contributed by atoms with E-state index in [-0.39, 0.29) is 18.3 Å². The summed E-state index contributed by atoms with van der Waals surface area (Å²) in [6, 6.07) is 7.94.